The highest BCUT2D eigenvalue weighted by Gasteiger charge is 2.12. The Kier molecular flexibility index (Phi) is 2.60. The van der Waals surface area contributed by atoms with E-state index in [1.54, 1.807) is 17.8 Å². The molecule has 0 aliphatic heterocycles. The molecule has 84 valence electrons. The number of aryl methyl sites for hydroxylation is 2. The van der Waals surface area contributed by atoms with Crippen LogP contribution >= 0.6 is 0 Å². The first-order valence-electron chi connectivity index (χ1n) is 5.07. The maximum absolute atomic E-state index is 13.6. The minimum atomic E-state index is -0.340. The summed E-state index contributed by atoms with van der Waals surface area (Å²) in [5.74, 6) is 0.855. The summed E-state index contributed by atoms with van der Waals surface area (Å²) in [5.41, 5.74) is 6.53. The molecule has 0 unspecified atom stereocenters. The molecule has 2 rings (SSSR count). The van der Waals surface area contributed by atoms with Crippen LogP contribution in [0.1, 0.15) is 12.7 Å². The van der Waals surface area contributed by atoms with Crippen LogP contribution in [-0.2, 0) is 13.5 Å². The van der Waals surface area contributed by atoms with E-state index in [0.717, 1.165) is 6.42 Å². The van der Waals surface area contributed by atoms with Gasteiger partial charge in [-0.25, -0.2) is 14.1 Å². The Balaban J connectivity index is 2.57. The molecule has 0 saturated heterocycles. The van der Waals surface area contributed by atoms with E-state index < -0.39 is 0 Å². The van der Waals surface area contributed by atoms with Crippen LogP contribution in [0.2, 0.25) is 0 Å². The van der Waals surface area contributed by atoms with E-state index in [1.807, 2.05) is 6.92 Å². The molecule has 0 atom stereocenters. The Morgan fingerprint density at radius 2 is 2.19 bits per heavy atom. The molecule has 0 fully saturated rings. The number of rotatable bonds is 2. The number of nitrogens with two attached hydrogens (primary N) is 1. The minimum Gasteiger partial charge on any atom is -0.399 e. The van der Waals surface area contributed by atoms with Crippen LogP contribution in [0.3, 0.4) is 0 Å². The smallest absolute Gasteiger partial charge is 0.161 e. The number of hydrogen-bond donors (Lipinski definition) is 1. The lowest BCUT2D eigenvalue weighted by molar-refractivity contribution is 0.627. The van der Waals surface area contributed by atoms with Gasteiger partial charge in [0.05, 0.1) is 5.56 Å². The van der Waals surface area contributed by atoms with E-state index >= 15 is 0 Å². The van der Waals surface area contributed by atoms with E-state index in [1.165, 1.54) is 12.1 Å². The van der Waals surface area contributed by atoms with Gasteiger partial charge in [0.1, 0.15) is 5.82 Å². The van der Waals surface area contributed by atoms with E-state index in [4.69, 9.17) is 5.73 Å². The highest BCUT2D eigenvalue weighted by Crippen LogP contribution is 2.23. The summed E-state index contributed by atoms with van der Waals surface area (Å²) in [6, 6.07) is 4.43. The average Bonchev–Trinajstić information content (AvgIpc) is 2.63. The monoisotopic (exact) mass is 220 g/mol. The predicted molar refractivity (Wildman–Crippen MR) is 60.2 cm³/mol. The van der Waals surface area contributed by atoms with Gasteiger partial charge in [0, 0.05) is 19.2 Å². The second kappa shape index (κ2) is 3.92. The van der Waals surface area contributed by atoms with Gasteiger partial charge in [0.15, 0.2) is 11.6 Å². The number of benzene rings is 1. The molecule has 16 heavy (non-hydrogen) atoms. The zero-order valence-corrected chi connectivity index (χ0v) is 9.24. The van der Waals surface area contributed by atoms with E-state index in [-0.39, 0.29) is 5.82 Å². The fraction of sp³-hybridized carbons (Fsp3) is 0.273. The fourth-order valence-corrected chi connectivity index (χ4v) is 1.54. The lowest BCUT2D eigenvalue weighted by atomic mass is 10.2. The summed E-state index contributed by atoms with van der Waals surface area (Å²) in [4.78, 5) is 4.26. The molecule has 0 saturated carbocycles. The van der Waals surface area contributed by atoms with E-state index in [2.05, 4.69) is 10.1 Å². The van der Waals surface area contributed by atoms with Crippen LogP contribution in [0.15, 0.2) is 18.2 Å². The molecule has 5 heteroatoms. The minimum absolute atomic E-state index is 0.340. The summed E-state index contributed by atoms with van der Waals surface area (Å²) in [6.45, 7) is 1.95. The zero-order valence-electron chi connectivity index (χ0n) is 9.24. The molecule has 1 aromatic heterocycles. The van der Waals surface area contributed by atoms with E-state index in [9.17, 15) is 4.39 Å². The van der Waals surface area contributed by atoms with Crippen molar-refractivity contribution >= 4 is 5.69 Å². The number of nitrogen functional groups attached to an aromatic ring is 1. The Morgan fingerprint density at radius 3 is 2.81 bits per heavy atom. The van der Waals surface area contributed by atoms with Crippen molar-refractivity contribution in [2.75, 3.05) is 5.73 Å². The van der Waals surface area contributed by atoms with Gasteiger partial charge < -0.3 is 5.73 Å². The molecular formula is C11H13FN4. The highest BCUT2D eigenvalue weighted by molar-refractivity contribution is 5.62. The first-order valence-corrected chi connectivity index (χ1v) is 5.07. The van der Waals surface area contributed by atoms with Gasteiger partial charge in [-0.15, -0.1) is 0 Å². The predicted octanol–water partition coefficient (Wildman–Crippen LogP) is 1.77. The van der Waals surface area contributed by atoms with Crippen molar-refractivity contribution in [3.05, 3.63) is 29.8 Å². The Hall–Kier alpha value is -1.91. The average molecular weight is 220 g/mol. The first-order chi connectivity index (χ1) is 7.61. The molecule has 1 aromatic carbocycles. The molecule has 0 bridgehead atoms. The molecule has 2 N–H and O–H groups in total. The number of aromatic nitrogens is 3. The molecule has 0 radical (unpaired) electrons. The molecule has 0 aliphatic carbocycles. The first kappa shape index (κ1) is 10.6. The maximum Gasteiger partial charge on any atom is 0.161 e. The quantitative estimate of drug-likeness (QED) is 0.785. The topological polar surface area (TPSA) is 56.7 Å². The van der Waals surface area contributed by atoms with Crippen molar-refractivity contribution in [1.82, 2.24) is 14.8 Å². The Morgan fingerprint density at radius 1 is 1.44 bits per heavy atom. The molecule has 0 amide bonds. The molecule has 2 aromatic rings. The second-order valence-corrected chi connectivity index (χ2v) is 3.57. The fourth-order valence-electron chi connectivity index (χ4n) is 1.54. The molecule has 4 nitrogen and oxygen atoms in total. The van der Waals surface area contributed by atoms with Gasteiger partial charge in [0.25, 0.3) is 0 Å². The lowest BCUT2D eigenvalue weighted by Crippen LogP contribution is -1.97. The van der Waals surface area contributed by atoms with Crippen molar-refractivity contribution < 1.29 is 4.39 Å². The van der Waals surface area contributed by atoms with E-state index in [0.29, 0.717) is 22.9 Å². The number of anilines is 1. The standard InChI is InChI=1S/C11H13FN4/c1-3-10-14-11(16(2)15-10)8-6-7(13)4-5-9(8)12/h4-6H,3,13H2,1-2H3. The number of nitrogens with zero attached hydrogens (tertiary/aromatic N) is 3. The largest absolute Gasteiger partial charge is 0.399 e. The summed E-state index contributed by atoms with van der Waals surface area (Å²) in [5, 5.41) is 4.17. The van der Waals surface area contributed by atoms with Crippen molar-refractivity contribution in [1.29, 1.82) is 0 Å². The third kappa shape index (κ3) is 1.76. The molecular weight excluding hydrogens is 207 g/mol. The van der Waals surface area contributed by atoms with Crippen molar-refractivity contribution in [3.8, 4) is 11.4 Å². The number of hydrogen-bond acceptors (Lipinski definition) is 3. The Labute approximate surface area is 92.9 Å². The zero-order chi connectivity index (χ0) is 11.7. The van der Waals surface area contributed by atoms with Crippen LogP contribution in [0.4, 0.5) is 10.1 Å². The molecule has 0 spiro atoms. The van der Waals surface area contributed by atoms with Gasteiger partial charge in [-0.1, -0.05) is 6.92 Å². The number of halogens is 1. The summed E-state index contributed by atoms with van der Waals surface area (Å²) in [6.07, 6.45) is 0.720. The van der Waals surface area contributed by atoms with Crippen LogP contribution in [-0.4, -0.2) is 14.8 Å². The van der Waals surface area contributed by atoms with Crippen LogP contribution in [0, 0.1) is 5.82 Å². The summed E-state index contributed by atoms with van der Waals surface area (Å²) < 4.78 is 15.2. The van der Waals surface area contributed by atoms with Crippen LogP contribution in [0.25, 0.3) is 11.4 Å². The second-order valence-electron chi connectivity index (χ2n) is 3.57. The van der Waals surface area contributed by atoms with Gasteiger partial charge in [-0.2, -0.15) is 5.10 Å². The van der Waals surface area contributed by atoms with Gasteiger partial charge in [-0.3, -0.25) is 0 Å². The third-order valence-electron chi connectivity index (χ3n) is 2.35. The molecule has 0 aliphatic rings. The SMILES string of the molecule is CCc1nc(-c2cc(N)ccc2F)n(C)n1. The lowest BCUT2D eigenvalue weighted by Gasteiger charge is -2.02. The molecule has 1 heterocycles. The third-order valence-corrected chi connectivity index (χ3v) is 2.35. The summed E-state index contributed by atoms with van der Waals surface area (Å²) >= 11 is 0. The van der Waals surface area contributed by atoms with Gasteiger partial charge >= 0.3 is 0 Å². The van der Waals surface area contributed by atoms with Gasteiger partial charge in [0.2, 0.25) is 0 Å². The van der Waals surface area contributed by atoms with Crippen molar-refractivity contribution in [2.24, 2.45) is 7.05 Å². The highest BCUT2D eigenvalue weighted by atomic mass is 19.1. The maximum atomic E-state index is 13.6. The summed E-state index contributed by atoms with van der Waals surface area (Å²) in [7, 11) is 1.74. The van der Waals surface area contributed by atoms with Gasteiger partial charge in [-0.05, 0) is 18.2 Å². The normalized spacial score (nSPS) is 10.7. The van der Waals surface area contributed by atoms with Crippen LogP contribution in [0.5, 0.6) is 0 Å². The van der Waals surface area contributed by atoms with Crippen LogP contribution < -0.4 is 5.73 Å². The van der Waals surface area contributed by atoms with Crippen molar-refractivity contribution in [2.45, 2.75) is 13.3 Å². The Bertz CT molecular complexity index is 519. The van der Waals surface area contributed by atoms with Crippen molar-refractivity contribution in [3.63, 3.8) is 0 Å².